The Hall–Kier alpha value is -3.94. The molecule has 1 atom stereocenters. The third kappa shape index (κ3) is 5.32. The van der Waals surface area contributed by atoms with E-state index in [2.05, 4.69) is 0 Å². The zero-order valence-electron chi connectivity index (χ0n) is 21.4. The number of rotatable bonds is 9. The van der Waals surface area contributed by atoms with Crippen molar-refractivity contribution in [1.29, 1.82) is 0 Å². The molecule has 0 fully saturated rings. The van der Waals surface area contributed by atoms with Crippen molar-refractivity contribution < 1.29 is 28.2 Å². The van der Waals surface area contributed by atoms with Crippen LogP contribution in [0.2, 0.25) is 0 Å². The lowest BCUT2D eigenvalue weighted by atomic mass is 9.98. The van der Waals surface area contributed by atoms with E-state index in [1.807, 2.05) is 0 Å². The number of amides is 1. The van der Waals surface area contributed by atoms with Gasteiger partial charge in [-0.3, -0.25) is 9.59 Å². The van der Waals surface area contributed by atoms with Crippen molar-refractivity contribution in [2.45, 2.75) is 40.3 Å². The number of esters is 1. The van der Waals surface area contributed by atoms with Gasteiger partial charge in [0.2, 0.25) is 0 Å². The number of ketones is 1. The molecule has 0 aliphatic carbocycles. The Labute approximate surface area is 210 Å². The molecular formula is C28H31FN2O5. The summed E-state index contributed by atoms with van der Waals surface area (Å²) in [6.45, 7) is 7.14. The number of Topliss-reactive ketones (excluding diaryl/α,β-unsaturated/α-hetero) is 1. The quantitative estimate of drug-likeness (QED) is 0.313. The summed E-state index contributed by atoms with van der Waals surface area (Å²) in [5, 5.41) is 0. The summed E-state index contributed by atoms with van der Waals surface area (Å²) in [4.78, 5) is 41.4. The topological polar surface area (TPSA) is 77.8 Å². The molecule has 1 aromatic heterocycles. The van der Waals surface area contributed by atoms with Gasteiger partial charge in [0.15, 0.2) is 5.78 Å². The monoisotopic (exact) mass is 494 g/mol. The maximum Gasteiger partial charge on any atom is 0.355 e. The lowest BCUT2D eigenvalue weighted by Crippen LogP contribution is -2.43. The molecule has 0 aliphatic rings. The Morgan fingerprint density at radius 1 is 1.03 bits per heavy atom. The van der Waals surface area contributed by atoms with Crippen LogP contribution in [-0.4, -0.2) is 46.9 Å². The van der Waals surface area contributed by atoms with Crippen LogP contribution in [0.3, 0.4) is 0 Å². The standard InChI is InChI=1S/C28H31FN2O5/c1-7-36-28(34)25-17(2)24(18(3)30(25)5)26(32)19(4)31(16-20-8-12-22(29)13-9-20)27(33)21-10-14-23(35-6)15-11-21/h8-15,19H,7,16H2,1-6H3. The molecule has 8 heteroatoms. The molecule has 7 nitrogen and oxygen atoms in total. The molecule has 0 N–H and O–H groups in total. The summed E-state index contributed by atoms with van der Waals surface area (Å²) in [5.74, 6) is -0.967. The summed E-state index contributed by atoms with van der Waals surface area (Å²) in [6, 6.07) is 11.5. The molecule has 1 amide bonds. The van der Waals surface area contributed by atoms with E-state index in [4.69, 9.17) is 9.47 Å². The van der Waals surface area contributed by atoms with Crippen LogP contribution in [-0.2, 0) is 18.3 Å². The largest absolute Gasteiger partial charge is 0.497 e. The van der Waals surface area contributed by atoms with E-state index in [-0.39, 0.29) is 24.8 Å². The molecule has 190 valence electrons. The maximum atomic E-state index is 13.8. The van der Waals surface area contributed by atoms with Gasteiger partial charge in [-0.15, -0.1) is 0 Å². The fourth-order valence-electron chi connectivity index (χ4n) is 4.25. The fourth-order valence-corrected chi connectivity index (χ4v) is 4.25. The van der Waals surface area contributed by atoms with Crippen LogP contribution in [0, 0.1) is 19.7 Å². The molecule has 1 heterocycles. The van der Waals surface area contributed by atoms with Gasteiger partial charge >= 0.3 is 5.97 Å². The lowest BCUT2D eigenvalue weighted by Gasteiger charge is -2.29. The second-order valence-electron chi connectivity index (χ2n) is 8.54. The van der Waals surface area contributed by atoms with E-state index in [0.717, 1.165) is 0 Å². The molecule has 0 saturated heterocycles. The number of carbonyl (C=O) groups excluding carboxylic acids is 3. The van der Waals surface area contributed by atoms with Crippen LogP contribution < -0.4 is 4.74 Å². The molecular weight excluding hydrogens is 463 g/mol. The summed E-state index contributed by atoms with van der Waals surface area (Å²) in [5.41, 5.74) is 2.84. The van der Waals surface area contributed by atoms with Crippen molar-refractivity contribution in [2.24, 2.45) is 7.05 Å². The average Bonchev–Trinajstić information content (AvgIpc) is 3.10. The van der Waals surface area contributed by atoms with E-state index in [0.29, 0.717) is 39.4 Å². The van der Waals surface area contributed by atoms with Crippen molar-refractivity contribution in [3.8, 4) is 5.75 Å². The highest BCUT2D eigenvalue weighted by atomic mass is 19.1. The Morgan fingerprint density at radius 2 is 1.64 bits per heavy atom. The van der Waals surface area contributed by atoms with E-state index < -0.39 is 17.8 Å². The Morgan fingerprint density at radius 3 is 2.19 bits per heavy atom. The summed E-state index contributed by atoms with van der Waals surface area (Å²) in [7, 11) is 3.24. The molecule has 3 aromatic rings. The van der Waals surface area contributed by atoms with Crippen LogP contribution in [0.1, 0.15) is 61.9 Å². The first kappa shape index (κ1) is 26.7. The van der Waals surface area contributed by atoms with Gasteiger partial charge in [0.05, 0.1) is 19.8 Å². The van der Waals surface area contributed by atoms with Gasteiger partial charge < -0.3 is 18.9 Å². The van der Waals surface area contributed by atoms with Crippen LogP contribution in [0.15, 0.2) is 48.5 Å². The average molecular weight is 495 g/mol. The molecule has 0 radical (unpaired) electrons. The summed E-state index contributed by atoms with van der Waals surface area (Å²) >= 11 is 0. The number of methoxy groups -OCH3 is 1. The van der Waals surface area contributed by atoms with Gasteiger partial charge in [0, 0.05) is 30.4 Å². The minimum absolute atomic E-state index is 0.0910. The minimum Gasteiger partial charge on any atom is -0.497 e. The van der Waals surface area contributed by atoms with Gasteiger partial charge in [0.25, 0.3) is 5.91 Å². The SMILES string of the molecule is CCOC(=O)c1c(C)c(C(=O)C(C)N(Cc2ccc(F)cc2)C(=O)c2ccc(OC)cc2)c(C)n1C. The van der Waals surface area contributed by atoms with Gasteiger partial charge in [-0.25, -0.2) is 9.18 Å². The third-order valence-electron chi connectivity index (χ3n) is 6.36. The second-order valence-corrected chi connectivity index (χ2v) is 8.54. The zero-order chi connectivity index (χ0) is 26.6. The summed E-state index contributed by atoms with van der Waals surface area (Å²) in [6.07, 6.45) is 0. The molecule has 0 bridgehead atoms. The molecule has 3 rings (SSSR count). The summed E-state index contributed by atoms with van der Waals surface area (Å²) < 4.78 is 25.5. The van der Waals surface area contributed by atoms with Crippen molar-refractivity contribution in [3.63, 3.8) is 0 Å². The molecule has 0 spiro atoms. The lowest BCUT2D eigenvalue weighted by molar-refractivity contribution is 0.0513. The molecule has 1 unspecified atom stereocenters. The van der Waals surface area contributed by atoms with Crippen LogP contribution in [0.5, 0.6) is 5.75 Å². The van der Waals surface area contributed by atoms with Crippen LogP contribution in [0.4, 0.5) is 4.39 Å². The predicted molar refractivity (Wildman–Crippen MR) is 134 cm³/mol. The third-order valence-corrected chi connectivity index (χ3v) is 6.36. The van der Waals surface area contributed by atoms with Crippen molar-refractivity contribution in [3.05, 3.63) is 88.0 Å². The smallest absolute Gasteiger partial charge is 0.355 e. The number of halogens is 1. The second kappa shape index (κ2) is 11.2. The van der Waals surface area contributed by atoms with Crippen LogP contribution in [0.25, 0.3) is 0 Å². The number of hydrogen-bond acceptors (Lipinski definition) is 5. The van der Waals surface area contributed by atoms with Crippen molar-refractivity contribution in [1.82, 2.24) is 9.47 Å². The van der Waals surface area contributed by atoms with Crippen LogP contribution >= 0.6 is 0 Å². The van der Waals surface area contributed by atoms with Gasteiger partial charge in [-0.05, 0) is 75.2 Å². The van der Waals surface area contributed by atoms with Gasteiger partial charge in [0.1, 0.15) is 17.3 Å². The molecule has 0 saturated carbocycles. The van der Waals surface area contributed by atoms with E-state index in [9.17, 15) is 18.8 Å². The van der Waals surface area contributed by atoms with E-state index >= 15 is 0 Å². The first-order valence-corrected chi connectivity index (χ1v) is 11.7. The number of nitrogens with zero attached hydrogens (tertiary/aromatic N) is 2. The first-order chi connectivity index (χ1) is 17.1. The predicted octanol–water partition coefficient (Wildman–Crippen LogP) is 4.88. The fraction of sp³-hybridized carbons (Fsp3) is 0.321. The Balaban J connectivity index is 2.02. The first-order valence-electron chi connectivity index (χ1n) is 11.7. The minimum atomic E-state index is -0.875. The number of ether oxygens (including phenoxy) is 2. The highest BCUT2D eigenvalue weighted by Gasteiger charge is 2.33. The van der Waals surface area contributed by atoms with Crippen molar-refractivity contribution in [2.75, 3.05) is 13.7 Å². The zero-order valence-corrected chi connectivity index (χ0v) is 21.4. The highest BCUT2D eigenvalue weighted by molar-refractivity contribution is 6.07. The van der Waals surface area contributed by atoms with Crippen molar-refractivity contribution >= 4 is 17.7 Å². The number of aromatic nitrogens is 1. The van der Waals surface area contributed by atoms with Gasteiger partial charge in [-0.2, -0.15) is 0 Å². The normalized spacial score (nSPS) is 11.6. The Kier molecular flexibility index (Phi) is 8.29. The van der Waals surface area contributed by atoms with Gasteiger partial charge in [-0.1, -0.05) is 12.1 Å². The number of carbonyl (C=O) groups is 3. The Bertz CT molecular complexity index is 1260. The van der Waals surface area contributed by atoms with E-state index in [1.54, 1.807) is 75.7 Å². The number of hydrogen-bond donors (Lipinski definition) is 0. The van der Waals surface area contributed by atoms with E-state index in [1.165, 1.54) is 24.1 Å². The maximum absolute atomic E-state index is 13.8. The highest BCUT2D eigenvalue weighted by Crippen LogP contribution is 2.26. The molecule has 0 aliphatic heterocycles. The molecule has 36 heavy (non-hydrogen) atoms. The molecule has 2 aromatic carbocycles. The number of benzene rings is 2.